The molecular formula is C29H28ClNO7. The zero-order chi connectivity index (χ0) is 27.7. The average molecular weight is 538 g/mol. The summed E-state index contributed by atoms with van der Waals surface area (Å²) >= 11 is 6.32. The number of benzene rings is 3. The van der Waals surface area contributed by atoms with Gasteiger partial charge in [0.1, 0.15) is 17.3 Å². The van der Waals surface area contributed by atoms with E-state index in [0.29, 0.717) is 17.0 Å². The van der Waals surface area contributed by atoms with E-state index in [1.807, 2.05) is 12.1 Å². The van der Waals surface area contributed by atoms with E-state index in [2.05, 4.69) is 13.8 Å². The zero-order valence-electron chi connectivity index (χ0n) is 21.6. The number of carbonyl (C=O) groups is 2. The maximum absolute atomic E-state index is 13.5. The van der Waals surface area contributed by atoms with Crippen molar-refractivity contribution < 1.29 is 34.0 Å². The number of carbonyl (C=O) groups excluding carboxylic acids is 2. The molecule has 1 amide bonds. The minimum atomic E-state index is -1.07. The Balaban J connectivity index is 1.98. The highest BCUT2D eigenvalue weighted by atomic mass is 35.5. The second-order valence-corrected chi connectivity index (χ2v) is 9.44. The molecule has 3 aromatic rings. The Labute approximate surface area is 225 Å². The molecule has 0 bridgehead atoms. The monoisotopic (exact) mass is 537 g/mol. The van der Waals surface area contributed by atoms with E-state index in [1.54, 1.807) is 18.2 Å². The van der Waals surface area contributed by atoms with Crippen LogP contribution < -0.4 is 19.1 Å². The molecule has 1 aliphatic heterocycles. The van der Waals surface area contributed by atoms with Crippen LogP contribution in [0.3, 0.4) is 0 Å². The van der Waals surface area contributed by atoms with Gasteiger partial charge in [-0.1, -0.05) is 43.6 Å². The van der Waals surface area contributed by atoms with Crippen molar-refractivity contribution in [3.8, 4) is 23.0 Å². The number of phenolic OH excluding ortho intramolecular Hbond substituents is 1. The molecule has 0 saturated carbocycles. The van der Waals surface area contributed by atoms with Gasteiger partial charge < -0.3 is 24.4 Å². The first-order valence-electron chi connectivity index (χ1n) is 11.8. The Morgan fingerprint density at radius 1 is 0.895 bits per heavy atom. The second kappa shape index (κ2) is 10.7. The Bertz CT molecular complexity index is 1430. The molecule has 0 aliphatic carbocycles. The Morgan fingerprint density at radius 2 is 1.53 bits per heavy atom. The summed E-state index contributed by atoms with van der Waals surface area (Å²) in [6.45, 7) is 4.10. The van der Waals surface area contributed by atoms with Gasteiger partial charge in [0, 0.05) is 11.8 Å². The number of ketones is 1. The normalized spacial score (nSPS) is 16.7. The summed E-state index contributed by atoms with van der Waals surface area (Å²) in [5, 5.41) is 22.2. The molecule has 1 heterocycles. The molecule has 1 fully saturated rings. The number of methoxy groups -OCH3 is 3. The van der Waals surface area contributed by atoms with Crippen molar-refractivity contribution in [2.45, 2.75) is 25.8 Å². The summed E-state index contributed by atoms with van der Waals surface area (Å²) in [5.74, 6) is -1.42. The van der Waals surface area contributed by atoms with Crippen LogP contribution in [0.4, 0.5) is 5.69 Å². The molecule has 1 saturated heterocycles. The van der Waals surface area contributed by atoms with E-state index < -0.39 is 23.5 Å². The maximum atomic E-state index is 13.5. The van der Waals surface area contributed by atoms with Crippen LogP contribution in [0.5, 0.6) is 23.0 Å². The molecule has 1 atom stereocenters. The van der Waals surface area contributed by atoms with Gasteiger partial charge in [0.05, 0.1) is 43.5 Å². The van der Waals surface area contributed by atoms with Gasteiger partial charge in [-0.2, -0.15) is 0 Å². The molecule has 1 aliphatic rings. The number of hydrogen-bond donors (Lipinski definition) is 2. The van der Waals surface area contributed by atoms with E-state index in [4.69, 9.17) is 25.8 Å². The molecular weight excluding hydrogens is 510 g/mol. The summed E-state index contributed by atoms with van der Waals surface area (Å²) in [4.78, 5) is 28.2. The molecule has 0 spiro atoms. The van der Waals surface area contributed by atoms with Crippen LogP contribution in [0.2, 0.25) is 5.02 Å². The van der Waals surface area contributed by atoms with Crippen LogP contribution >= 0.6 is 11.6 Å². The van der Waals surface area contributed by atoms with Crippen LogP contribution in [0.15, 0.2) is 60.2 Å². The van der Waals surface area contributed by atoms with Gasteiger partial charge in [0.15, 0.2) is 11.5 Å². The molecule has 38 heavy (non-hydrogen) atoms. The van der Waals surface area contributed by atoms with E-state index in [0.717, 1.165) is 5.56 Å². The van der Waals surface area contributed by atoms with Gasteiger partial charge >= 0.3 is 0 Å². The highest BCUT2D eigenvalue weighted by Gasteiger charge is 2.47. The quantitative estimate of drug-likeness (QED) is 0.222. The van der Waals surface area contributed by atoms with Crippen molar-refractivity contribution in [3.63, 3.8) is 0 Å². The number of aromatic hydroxyl groups is 1. The maximum Gasteiger partial charge on any atom is 0.300 e. The third-order valence-electron chi connectivity index (χ3n) is 6.53. The van der Waals surface area contributed by atoms with E-state index in [9.17, 15) is 19.8 Å². The molecule has 3 aromatic carbocycles. The Hall–Kier alpha value is -4.17. The lowest BCUT2D eigenvalue weighted by Gasteiger charge is -2.26. The Morgan fingerprint density at radius 3 is 2.08 bits per heavy atom. The fourth-order valence-electron chi connectivity index (χ4n) is 4.50. The van der Waals surface area contributed by atoms with Crippen molar-refractivity contribution in [1.29, 1.82) is 0 Å². The fraction of sp³-hybridized carbons (Fsp3) is 0.241. The van der Waals surface area contributed by atoms with E-state index in [-0.39, 0.29) is 39.3 Å². The number of phenols is 1. The molecule has 0 radical (unpaired) electrons. The highest BCUT2D eigenvalue weighted by molar-refractivity contribution is 6.51. The summed E-state index contributed by atoms with van der Waals surface area (Å²) in [5.41, 5.74) is 1.81. The van der Waals surface area contributed by atoms with Crippen molar-refractivity contribution >= 4 is 34.7 Å². The number of rotatable bonds is 7. The number of anilines is 1. The number of Topliss-reactive ketones (excluding diaryl/α,β-unsaturated/α-hetero) is 1. The molecule has 4 rings (SSSR count). The van der Waals surface area contributed by atoms with Crippen LogP contribution in [-0.2, 0) is 9.59 Å². The van der Waals surface area contributed by atoms with Crippen molar-refractivity contribution in [2.24, 2.45) is 0 Å². The van der Waals surface area contributed by atoms with Gasteiger partial charge in [0.2, 0.25) is 0 Å². The summed E-state index contributed by atoms with van der Waals surface area (Å²) in [6.07, 6.45) is 0. The minimum Gasteiger partial charge on any atom is -0.507 e. The Kier molecular flexibility index (Phi) is 7.55. The molecule has 8 nitrogen and oxygen atoms in total. The molecule has 1 unspecified atom stereocenters. The number of aliphatic hydroxyl groups is 1. The van der Waals surface area contributed by atoms with Crippen LogP contribution in [0, 0.1) is 0 Å². The smallest absolute Gasteiger partial charge is 0.300 e. The van der Waals surface area contributed by atoms with Crippen molar-refractivity contribution in [3.05, 3.63) is 81.9 Å². The van der Waals surface area contributed by atoms with Crippen LogP contribution in [-0.4, -0.2) is 43.2 Å². The van der Waals surface area contributed by atoms with Crippen molar-refractivity contribution in [2.75, 3.05) is 26.2 Å². The topological polar surface area (TPSA) is 106 Å². The first kappa shape index (κ1) is 26.9. The molecule has 198 valence electrons. The number of aliphatic hydroxyl groups excluding tert-OH is 1. The highest BCUT2D eigenvalue weighted by Crippen LogP contribution is 2.46. The van der Waals surface area contributed by atoms with Crippen molar-refractivity contribution in [1.82, 2.24) is 0 Å². The SMILES string of the molecule is COc1ccc(C2/C(=C(\O)c3cc(Cl)c(OC)cc3OC)C(=O)C(=O)N2c2ccc(C(C)C)cc2)cc1O. The minimum absolute atomic E-state index is 0.106. The van der Waals surface area contributed by atoms with Gasteiger partial charge in [-0.25, -0.2) is 0 Å². The summed E-state index contributed by atoms with van der Waals surface area (Å²) in [7, 11) is 4.25. The third-order valence-corrected chi connectivity index (χ3v) is 6.83. The molecule has 2 N–H and O–H groups in total. The lowest BCUT2D eigenvalue weighted by atomic mass is 9.94. The number of ether oxygens (including phenoxy) is 3. The predicted octanol–water partition coefficient (Wildman–Crippen LogP) is 5.82. The average Bonchev–Trinajstić information content (AvgIpc) is 3.18. The predicted molar refractivity (Wildman–Crippen MR) is 145 cm³/mol. The number of nitrogens with zero attached hydrogens (tertiary/aromatic N) is 1. The lowest BCUT2D eigenvalue weighted by molar-refractivity contribution is -0.132. The zero-order valence-corrected chi connectivity index (χ0v) is 22.4. The third kappa shape index (κ3) is 4.63. The van der Waals surface area contributed by atoms with Gasteiger partial charge in [-0.3, -0.25) is 14.5 Å². The van der Waals surface area contributed by atoms with Gasteiger partial charge in [-0.15, -0.1) is 0 Å². The summed E-state index contributed by atoms with van der Waals surface area (Å²) < 4.78 is 15.8. The van der Waals surface area contributed by atoms with E-state index in [1.165, 1.54) is 50.5 Å². The lowest BCUT2D eigenvalue weighted by Crippen LogP contribution is -2.29. The molecule has 0 aromatic heterocycles. The standard InChI is InChI=1S/C29H28ClNO7/c1-15(2)16-6-9-18(10-7-16)31-26(17-8-11-22(36-3)21(32)12-17)25(28(34)29(31)35)27(33)19-13-20(30)24(38-5)14-23(19)37-4/h6-15,26,32-33H,1-5H3/b27-25+. The van der Waals surface area contributed by atoms with E-state index >= 15 is 0 Å². The van der Waals surface area contributed by atoms with Gasteiger partial charge in [0.25, 0.3) is 11.7 Å². The van der Waals surface area contributed by atoms with Crippen LogP contribution in [0.1, 0.15) is 42.5 Å². The summed E-state index contributed by atoms with van der Waals surface area (Å²) in [6, 6.07) is 13.6. The molecule has 9 heteroatoms. The van der Waals surface area contributed by atoms with Crippen LogP contribution in [0.25, 0.3) is 5.76 Å². The number of halogens is 1. The first-order chi connectivity index (χ1) is 18.1. The first-order valence-corrected chi connectivity index (χ1v) is 12.2. The number of amides is 1. The number of hydrogen-bond acceptors (Lipinski definition) is 7. The largest absolute Gasteiger partial charge is 0.507 e. The fourth-order valence-corrected chi connectivity index (χ4v) is 4.74. The van der Waals surface area contributed by atoms with Gasteiger partial charge in [-0.05, 0) is 47.4 Å². The second-order valence-electron chi connectivity index (χ2n) is 9.03.